The standard InChI is InChI=1S/C12H15BrClNO2/c1-7-6-10(17-3)9(8(2)11(7)14)4-5-15-12(13)16/h6H,4-5H2,1-3H3,(H,15,16). The molecule has 0 unspecified atom stereocenters. The van der Waals surface area contributed by atoms with Gasteiger partial charge in [-0.25, -0.2) is 0 Å². The Morgan fingerprint density at radius 2 is 2.18 bits per heavy atom. The van der Waals surface area contributed by atoms with E-state index >= 15 is 0 Å². The molecule has 0 spiro atoms. The van der Waals surface area contributed by atoms with Gasteiger partial charge >= 0.3 is 0 Å². The molecule has 0 aliphatic heterocycles. The van der Waals surface area contributed by atoms with Crippen LogP contribution < -0.4 is 10.1 Å². The molecule has 1 rings (SSSR count). The Morgan fingerprint density at radius 3 is 2.71 bits per heavy atom. The second kappa shape index (κ2) is 6.26. The molecule has 0 aliphatic carbocycles. The van der Waals surface area contributed by atoms with E-state index in [2.05, 4.69) is 21.2 Å². The fraction of sp³-hybridized carbons (Fsp3) is 0.417. The van der Waals surface area contributed by atoms with Crippen molar-refractivity contribution in [2.24, 2.45) is 0 Å². The zero-order valence-corrected chi connectivity index (χ0v) is 12.4. The largest absolute Gasteiger partial charge is 0.496 e. The minimum absolute atomic E-state index is 0.215. The predicted octanol–water partition coefficient (Wildman–Crippen LogP) is 3.61. The van der Waals surface area contributed by atoms with Gasteiger partial charge in [-0.3, -0.25) is 4.79 Å². The van der Waals surface area contributed by atoms with Crippen molar-refractivity contribution in [1.29, 1.82) is 0 Å². The molecule has 1 aromatic rings. The number of benzene rings is 1. The fourth-order valence-electron chi connectivity index (χ4n) is 1.74. The highest BCUT2D eigenvalue weighted by Crippen LogP contribution is 2.31. The van der Waals surface area contributed by atoms with Gasteiger partial charge in [0.25, 0.3) is 4.82 Å². The molecule has 5 heteroatoms. The number of rotatable bonds is 4. The van der Waals surface area contributed by atoms with E-state index in [0.29, 0.717) is 13.0 Å². The van der Waals surface area contributed by atoms with Gasteiger partial charge in [0.1, 0.15) is 5.75 Å². The molecule has 0 bridgehead atoms. The van der Waals surface area contributed by atoms with E-state index < -0.39 is 0 Å². The maximum atomic E-state index is 10.7. The Balaban J connectivity index is 2.96. The smallest absolute Gasteiger partial charge is 0.287 e. The summed E-state index contributed by atoms with van der Waals surface area (Å²) in [7, 11) is 1.63. The Hall–Kier alpha value is -0.740. The maximum Gasteiger partial charge on any atom is 0.287 e. The highest BCUT2D eigenvalue weighted by molar-refractivity contribution is 9.18. The van der Waals surface area contributed by atoms with Crippen molar-refractivity contribution in [3.8, 4) is 5.75 Å². The Kier molecular flexibility index (Phi) is 5.28. The molecule has 17 heavy (non-hydrogen) atoms. The zero-order chi connectivity index (χ0) is 13.0. The third-order valence-electron chi connectivity index (χ3n) is 2.63. The van der Waals surface area contributed by atoms with Crippen LogP contribution in [-0.2, 0) is 6.42 Å². The summed E-state index contributed by atoms with van der Waals surface area (Å²) in [6.07, 6.45) is 0.687. The predicted molar refractivity (Wildman–Crippen MR) is 73.5 cm³/mol. The van der Waals surface area contributed by atoms with Gasteiger partial charge in [0.05, 0.1) is 7.11 Å². The minimum Gasteiger partial charge on any atom is -0.496 e. The van der Waals surface area contributed by atoms with Crippen LogP contribution in [0.5, 0.6) is 5.75 Å². The number of amides is 1. The van der Waals surface area contributed by atoms with Crippen LogP contribution in [0.3, 0.4) is 0 Å². The Bertz CT molecular complexity index is 435. The molecular weight excluding hydrogens is 305 g/mol. The van der Waals surface area contributed by atoms with Gasteiger partial charge < -0.3 is 10.1 Å². The first-order chi connectivity index (χ1) is 7.97. The second-order valence-corrected chi connectivity index (χ2v) is 4.86. The third kappa shape index (κ3) is 3.61. The van der Waals surface area contributed by atoms with Gasteiger partial charge in [-0.15, -0.1) is 0 Å². The van der Waals surface area contributed by atoms with Crippen molar-refractivity contribution in [1.82, 2.24) is 5.32 Å². The van der Waals surface area contributed by atoms with Crippen molar-refractivity contribution < 1.29 is 9.53 Å². The first-order valence-corrected chi connectivity index (χ1v) is 6.40. The van der Waals surface area contributed by atoms with Gasteiger partial charge in [0.15, 0.2) is 0 Å². The number of methoxy groups -OCH3 is 1. The summed E-state index contributed by atoms with van der Waals surface area (Å²) in [5.41, 5.74) is 3.03. The van der Waals surface area contributed by atoms with E-state index in [1.165, 1.54) is 0 Å². The van der Waals surface area contributed by atoms with Crippen LogP contribution in [0.25, 0.3) is 0 Å². The topological polar surface area (TPSA) is 38.3 Å². The average molecular weight is 321 g/mol. The Labute approximate surface area is 115 Å². The summed E-state index contributed by atoms with van der Waals surface area (Å²) in [6.45, 7) is 4.45. The Morgan fingerprint density at radius 1 is 1.53 bits per heavy atom. The number of nitrogens with one attached hydrogen (secondary N) is 1. The normalized spacial score (nSPS) is 10.2. The molecule has 0 saturated heterocycles. The molecule has 1 aromatic carbocycles. The molecule has 1 N–H and O–H groups in total. The van der Waals surface area contributed by atoms with E-state index in [9.17, 15) is 4.79 Å². The summed E-state index contributed by atoms with van der Waals surface area (Å²) in [6, 6.07) is 1.92. The minimum atomic E-state index is -0.215. The number of hydrogen-bond acceptors (Lipinski definition) is 2. The highest BCUT2D eigenvalue weighted by atomic mass is 79.9. The summed E-state index contributed by atoms with van der Waals surface area (Å²) in [5.74, 6) is 0.813. The van der Waals surface area contributed by atoms with E-state index in [1.807, 2.05) is 19.9 Å². The summed E-state index contributed by atoms with van der Waals surface area (Å²) < 4.78 is 5.34. The number of hydrogen-bond donors (Lipinski definition) is 1. The van der Waals surface area contributed by atoms with Crippen LogP contribution in [0.4, 0.5) is 4.79 Å². The summed E-state index contributed by atoms with van der Waals surface area (Å²) in [4.78, 5) is 10.5. The number of halogens is 2. The molecule has 0 fully saturated rings. The van der Waals surface area contributed by atoms with Gasteiger partial charge in [-0.2, -0.15) is 0 Å². The molecule has 0 radical (unpaired) electrons. The number of aryl methyl sites for hydroxylation is 1. The van der Waals surface area contributed by atoms with Gasteiger partial charge in [-0.1, -0.05) is 11.6 Å². The quantitative estimate of drug-likeness (QED) is 0.680. The third-order valence-corrected chi connectivity index (χ3v) is 3.49. The first-order valence-electron chi connectivity index (χ1n) is 5.23. The van der Waals surface area contributed by atoms with Crippen molar-refractivity contribution in [3.05, 3.63) is 27.8 Å². The van der Waals surface area contributed by atoms with Gasteiger partial charge in [0, 0.05) is 33.1 Å². The SMILES string of the molecule is COc1cc(C)c(Cl)c(C)c1CCNC(=O)Br. The molecule has 0 aromatic heterocycles. The zero-order valence-electron chi connectivity index (χ0n) is 10.1. The van der Waals surface area contributed by atoms with Crippen molar-refractivity contribution in [2.45, 2.75) is 20.3 Å². The van der Waals surface area contributed by atoms with Crippen LogP contribution in [0, 0.1) is 13.8 Å². The first kappa shape index (κ1) is 14.3. The molecular formula is C12H15BrClNO2. The summed E-state index contributed by atoms with van der Waals surface area (Å²) in [5, 5.41) is 3.44. The van der Waals surface area contributed by atoms with Crippen LogP contribution in [-0.4, -0.2) is 18.5 Å². The molecule has 0 saturated carbocycles. The van der Waals surface area contributed by atoms with Crippen molar-refractivity contribution in [2.75, 3.05) is 13.7 Å². The number of ether oxygens (including phenoxy) is 1. The van der Waals surface area contributed by atoms with Crippen LogP contribution >= 0.6 is 27.5 Å². The van der Waals surface area contributed by atoms with E-state index in [4.69, 9.17) is 16.3 Å². The lowest BCUT2D eigenvalue weighted by Gasteiger charge is -2.15. The summed E-state index contributed by atoms with van der Waals surface area (Å²) >= 11 is 9.02. The van der Waals surface area contributed by atoms with Gasteiger partial charge in [-0.05, 0) is 37.5 Å². The lowest BCUT2D eigenvalue weighted by molar-refractivity contribution is 0.261. The molecule has 3 nitrogen and oxygen atoms in total. The molecule has 1 amide bonds. The number of carbonyl (C=O) groups excluding carboxylic acids is 1. The van der Waals surface area contributed by atoms with Crippen LogP contribution in [0.1, 0.15) is 16.7 Å². The van der Waals surface area contributed by atoms with Crippen molar-refractivity contribution >= 4 is 32.3 Å². The van der Waals surface area contributed by atoms with Crippen LogP contribution in [0.2, 0.25) is 5.02 Å². The monoisotopic (exact) mass is 319 g/mol. The maximum absolute atomic E-state index is 10.7. The lowest BCUT2D eigenvalue weighted by Crippen LogP contribution is -2.19. The molecule has 0 atom stereocenters. The lowest BCUT2D eigenvalue weighted by atomic mass is 10.0. The average Bonchev–Trinajstić information content (AvgIpc) is 2.28. The van der Waals surface area contributed by atoms with E-state index in [-0.39, 0.29) is 4.82 Å². The second-order valence-electron chi connectivity index (χ2n) is 3.76. The number of carbonyl (C=O) groups is 1. The van der Waals surface area contributed by atoms with E-state index in [0.717, 1.165) is 27.5 Å². The van der Waals surface area contributed by atoms with E-state index in [1.54, 1.807) is 7.11 Å². The van der Waals surface area contributed by atoms with Crippen molar-refractivity contribution in [3.63, 3.8) is 0 Å². The van der Waals surface area contributed by atoms with Crippen LogP contribution in [0.15, 0.2) is 6.07 Å². The molecule has 94 valence electrons. The highest BCUT2D eigenvalue weighted by Gasteiger charge is 2.12. The molecule has 0 aliphatic rings. The van der Waals surface area contributed by atoms with Gasteiger partial charge in [0.2, 0.25) is 0 Å². The molecule has 0 heterocycles. The fourth-order valence-corrected chi connectivity index (χ4v) is 2.11.